The number of hydrogen-bond donors (Lipinski definition) is 2. The molecular weight excluding hydrogens is 452 g/mol. The van der Waals surface area contributed by atoms with E-state index in [9.17, 15) is 14.4 Å². The number of thiophene rings is 1. The largest absolute Gasteiger partial charge is 0.451 e. The zero-order valence-electron chi connectivity index (χ0n) is 19.2. The molecule has 7 nitrogen and oxygen atoms in total. The Balaban J connectivity index is 1.42. The molecule has 1 atom stereocenters. The van der Waals surface area contributed by atoms with Gasteiger partial charge in [-0.05, 0) is 68.2 Å². The summed E-state index contributed by atoms with van der Waals surface area (Å²) in [6, 6.07) is 6.63. The molecule has 0 spiro atoms. The van der Waals surface area contributed by atoms with E-state index in [1.165, 1.54) is 17.4 Å². The van der Waals surface area contributed by atoms with Gasteiger partial charge in [-0.3, -0.25) is 14.4 Å². The fourth-order valence-electron chi connectivity index (χ4n) is 4.69. The molecular formula is C26H28N2O5S. The summed E-state index contributed by atoms with van der Waals surface area (Å²) >= 11 is 1.44. The molecule has 8 heteroatoms. The number of carbonyl (C=O) groups is 2. The van der Waals surface area contributed by atoms with Gasteiger partial charge in [0.05, 0.1) is 17.1 Å². The van der Waals surface area contributed by atoms with Gasteiger partial charge in [-0.15, -0.1) is 11.3 Å². The number of anilines is 1. The maximum absolute atomic E-state index is 13.2. The maximum Gasteiger partial charge on any atom is 0.292 e. The summed E-state index contributed by atoms with van der Waals surface area (Å²) in [5.41, 5.74) is 2.68. The Bertz CT molecular complexity index is 1300. The van der Waals surface area contributed by atoms with Crippen LogP contribution in [0.4, 0.5) is 5.00 Å². The van der Waals surface area contributed by atoms with Crippen molar-refractivity contribution in [2.45, 2.75) is 58.0 Å². The van der Waals surface area contributed by atoms with Crippen LogP contribution in [-0.4, -0.2) is 31.1 Å². The molecule has 2 N–H and O–H groups in total. The van der Waals surface area contributed by atoms with E-state index < -0.39 is 5.91 Å². The van der Waals surface area contributed by atoms with E-state index in [4.69, 9.17) is 9.15 Å². The van der Waals surface area contributed by atoms with Crippen molar-refractivity contribution in [3.05, 3.63) is 61.8 Å². The molecule has 5 rings (SSSR count). The first kappa shape index (κ1) is 22.8. The van der Waals surface area contributed by atoms with E-state index in [0.29, 0.717) is 28.1 Å². The van der Waals surface area contributed by atoms with E-state index in [2.05, 4.69) is 10.6 Å². The fourth-order valence-corrected chi connectivity index (χ4v) is 5.98. The number of ether oxygens (including phenoxy) is 1. The van der Waals surface area contributed by atoms with Gasteiger partial charge in [-0.1, -0.05) is 13.0 Å². The molecule has 34 heavy (non-hydrogen) atoms. The smallest absolute Gasteiger partial charge is 0.292 e. The molecule has 0 radical (unpaired) electrons. The highest BCUT2D eigenvalue weighted by atomic mass is 32.1. The zero-order chi connectivity index (χ0) is 23.7. The molecule has 0 saturated carbocycles. The third kappa shape index (κ3) is 4.52. The first-order valence-corrected chi connectivity index (χ1v) is 12.8. The van der Waals surface area contributed by atoms with Crippen LogP contribution in [0.2, 0.25) is 0 Å². The molecule has 1 aromatic carbocycles. The van der Waals surface area contributed by atoms with Crippen LogP contribution in [0.5, 0.6) is 0 Å². The normalized spacial score (nSPS) is 17.5. The number of rotatable bonds is 6. The van der Waals surface area contributed by atoms with Crippen molar-refractivity contribution in [3.63, 3.8) is 0 Å². The molecule has 2 amide bonds. The Labute approximate surface area is 201 Å². The first-order valence-electron chi connectivity index (χ1n) is 12.0. The van der Waals surface area contributed by atoms with Crippen molar-refractivity contribution in [1.82, 2.24) is 5.32 Å². The summed E-state index contributed by atoms with van der Waals surface area (Å²) in [5.74, 6) is -0.804. The van der Waals surface area contributed by atoms with Crippen LogP contribution in [0.15, 0.2) is 33.5 Å². The zero-order valence-corrected chi connectivity index (χ0v) is 20.0. The summed E-state index contributed by atoms with van der Waals surface area (Å²) in [5, 5.41) is 6.82. The van der Waals surface area contributed by atoms with E-state index >= 15 is 0 Å². The Morgan fingerprint density at radius 3 is 2.76 bits per heavy atom. The lowest BCUT2D eigenvalue weighted by Crippen LogP contribution is -2.32. The second-order valence-corrected chi connectivity index (χ2v) is 9.98. The molecule has 1 fully saturated rings. The van der Waals surface area contributed by atoms with Crippen molar-refractivity contribution < 1.29 is 18.7 Å². The second kappa shape index (κ2) is 9.72. The molecule has 1 aliphatic heterocycles. The highest BCUT2D eigenvalue weighted by Crippen LogP contribution is 2.38. The monoisotopic (exact) mass is 480 g/mol. The highest BCUT2D eigenvalue weighted by molar-refractivity contribution is 7.17. The van der Waals surface area contributed by atoms with Crippen LogP contribution in [0.3, 0.4) is 0 Å². The molecule has 0 unspecified atom stereocenters. The molecule has 1 aliphatic carbocycles. The maximum atomic E-state index is 13.2. The van der Waals surface area contributed by atoms with Crippen molar-refractivity contribution in [3.8, 4) is 0 Å². The molecule has 3 aromatic rings. The quantitative estimate of drug-likeness (QED) is 0.543. The topological polar surface area (TPSA) is 97.6 Å². The predicted molar refractivity (Wildman–Crippen MR) is 132 cm³/mol. The Morgan fingerprint density at radius 1 is 1.12 bits per heavy atom. The Kier molecular flexibility index (Phi) is 6.52. The lowest BCUT2D eigenvalue weighted by Gasteiger charge is -2.15. The minimum atomic E-state index is -0.537. The first-order chi connectivity index (χ1) is 16.5. The van der Waals surface area contributed by atoms with E-state index in [1.807, 2.05) is 13.0 Å². The summed E-state index contributed by atoms with van der Waals surface area (Å²) in [6.07, 6.45) is 6.58. The van der Waals surface area contributed by atoms with E-state index in [-0.39, 0.29) is 23.2 Å². The van der Waals surface area contributed by atoms with Crippen molar-refractivity contribution in [2.24, 2.45) is 0 Å². The second-order valence-electron chi connectivity index (χ2n) is 8.87. The molecule has 178 valence electrons. The van der Waals surface area contributed by atoms with Crippen molar-refractivity contribution in [1.29, 1.82) is 0 Å². The highest BCUT2D eigenvalue weighted by Gasteiger charge is 2.28. The number of carbonyl (C=O) groups excluding carboxylic acids is 2. The number of fused-ring (bicyclic) bond motifs is 2. The fraction of sp³-hybridized carbons (Fsp3) is 0.423. The van der Waals surface area contributed by atoms with Gasteiger partial charge >= 0.3 is 0 Å². The third-order valence-corrected chi connectivity index (χ3v) is 7.77. The summed E-state index contributed by atoms with van der Waals surface area (Å²) in [6.45, 7) is 3.20. The van der Waals surface area contributed by atoms with Crippen LogP contribution < -0.4 is 16.1 Å². The van der Waals surface area contributed by atoms with Gasteiger partial charge in [0, 0.05) is 24.1 Å². The van der Waals surface area contributed by atoms with E-state index in [1.54, 1.807) is 12.1 Å². The van der Waals surface area contributed by atoms with Gasteiger partial charge in [-0.25, -0.2) is 0 Å². The standard InChI is InChI=1S/C26H28N2O5S/c1-2-15-9-10-20-18(12-15)19(29)13-21(33-20)24(30)28-26-23(17-7-3-4-8-22(17)34-26)25(31)27-14-16-6-5-11-32-16/h9-10,12-13,16H,2-8,11,14H2,1H3,(H,27,31)(H,28,30)/t16-/m0/s1. The van der Waals surface area contributed by atoms with Gasteiger partial charge < -0.3 is 19.8 Å². The van der Waals surface area contributed by atoms with Crippen LogP contribution in [0, 0.1) is 0 Å². The molecule has 3 heterocycles. The minimum Gasteiger partial charge on any atom is -0.451 e. The lowest BCUT2D eigenvalue weighted by molar-refractivity contribution is 0.0858. The summed E-state index contributed by atoms with van der Waals surface area (Å²) in [7, 11) is 0. The summed E-state index contributed by atoms with van der Waals surface area (Å²) in [4.78, 5) is 40.1. The Morgan fingerprint density at radius 2 is 1.97 bits per heavy atom. The van der Waals surface area contributed by atoms with Crippen LogP contribution in [0.1, 0.15) is 69.5 Å². The number of nitrogens with one attached hydrogen (secondary N) is 2. The number of benzene rings is 1. The number of hydrogen-bond acceptors (Lipinski definition) is 6. The molecule has 0 bridgehead atoms. The van der Waals surface area contributed by atoms with Crippen LogP contribution >= 0.6 is 11.3 Å². The van der Waals surface area contributed by atoms with Gasteiger partial charge in [0.25, 0.3) is 11.8 Å². The predicted octanol–water partition coefficient (Wildman–Crippen LogP) is 4.46. The SMILES string of the molecule is CCc1ccc2oc(C(=O)Nc3sc4c(c3C(=O)NC[C@@H]3CCCO3)CCCC4)cc(=O)c2c1. The van der Waals surface area contributed by atoms with Crippen LogP contribution in [-0.2, 0) is 24.0 Å². The molecule has 1 saturated heterocycles. The van der Waals surface area contributed by atoms with Gasteiger partial charge in [-0.2, -0.15) is 0 Å². The minimum absolute atomic E-state index is 0.0385. The average Bonchev–Trinajstić information content (AvgIpc) is 3.49. The molecule has 2 aliphatic rings. The summed E-state index contributed by atoms with van der Waals surface area (Å²) < 4.78 is 11.4. The molecule has 2 aromatic heterocycles. The van der Waals surface area contributed by atoms with E-state index in [0.717, 1.165) is 67.6 Å². The van der Waals surface area contributed by atoms with Gasteiger partial charge in [0.2, 0.25) is 0 Å². The van der Waals surface area contributed by atoms with Gasteiger partial charge in [0.1, 0.15) is 10.6 Å². The van der Waals surface area contributed by atoms with Crippen LogP contribution in [0.25, 0.3) is 11.0 Å². The van der Waals surface area contributed by atoms with Gasteiger partial charge in [0.15, 0.2) is 11.2 Å². The number of aryl methyl sites for hydroxylation is 2. The Hall–Kier alpha value is -2.97. The third-order valence-electron chi connectivity index (χ3n) is 6.56. The van der Waals surface area contributed by atoms with Crippen molar-refractivity contribution in [2.75, 3.05) is 18.5 Å². The lowest BCUT2D eigenvalue weighted by atomic mass is 9.95. The average molecular weight is 481 g/mol. The number of amides is 2. The van der Waals surface area contributed by atoms with Crippen molar-refractivity contribution >= 4 is 39.1 Å².